The van der Waals surface area contributed by atoms with E-state index in [1.807, 2.05) is 6.92 Å². The Bertz CT molecular complexity index is 716. The second kappa shape index (κ2) is 7.04. The van der Waals surface area contributed by atoms with Crippen LogP contribution < -0.4 is 5.32 Å². The first kappa shape index (κ1) is 16.0. The number of halogens is 1. The van der Waals surface area contributed by atoms with Crippen molar-refractivity contribution in [3.63, 3.8) is 0 Å². The number of nitrogens with zero attached hydrogens (tertiary/aromatic N) is 1. The Balaban J connectivity index is 2.17. The summed E-state index contributed by atoms with van der Waals surface area (Å²) in [4.78, 5) is 27.8. The zero-order valence-electron chi connectivity index (χ0n) is 12.2. The molecule has 0 fully saturated rings. The molecule has 2 aromatic rings. The quantitative estimate of drug-likeness (QED) is 0.876. The Morgan fingerprint density at radius 3 is 2.64 bits per heavy atom. The highest BCUT2D eigenvalue weighted by molar-refractivity contribution is 6.31. The van der Waals surface area contributed by atoms with Crippen molar-refractivity contribution in [3.8, 4) is 0 Å². The van der Waals surface area contributed by atoms with Gasteiger partial charge >= 0.3 is 5.97 Å². The van der Waals surface area contributed by atoms with Gasteiger partial charge in [-0.25, -0.2) is 9.78 Å². The van der Waals surface area contributed by atoms with E-state index >= 15 is 0 Å². The molecule has 2 rings (SSSR count). The molecular formula is C16H15ClN2O3. The van der Waals surface area contributed by atoms with Crippen molar-refractivity contribution in [2.75, 3.05) is 11.9 Å². The Labute approximate surface area is 133 Å². The van der Waals surface area contributed by atoms with Gasteiger partial charge in [-0.1, -0.05) is 23.7 Å². The normalized spacial score (nSPS) is 10.1. The van der Waals surface area contributed by atoms with Crippen LogP contribution in [0.2, 0.25) is 5.02 Å². The molecule has 1 N–H and O–H groups in total. The van der Waals surface area contributed by atoms with Crippen LogP contribution in [0.3, 0.4) is 0 Å². The molecule has 0 spiro atoms. The summed E-state index contributed by atoms with van der Waals surface area (Å²) in [5, 5.41) is 3.25. The minimum Gasteiger partial charge on any atom is -0.461 e. The van der Waals surface area contributed by atoms with Crippen LogP contribution in [0.1, 0.15) is 33.5 Å². The van der Waals surface area contributed by atoms with Crippen LogP contribution in [0.5, 0.6) is 0 Å². The molecular weight excluding hydrogens is 304 g/mol. The predicted octanol–water partition coefficient (Wildman–Crippen LogP) is 3.47. The molecule has 0 bridgehead atoms. The van der Waals surface area contributed by atoms with Crippen LogP contribution in [-0.4, -0.2) is 23.5 Å². The molecule has 22 heavy (non-hydrogen) atoms. The van der Waals surface area contributed by atoms with E-state index in [1.54, 1.807) is 31.2 Å². The zero-order chi connectivity index (χ0) is 16.1. The summed E-state index contributed by atoms with van der Waals surface area (Å²) in [6, 6.07) is 9.81. The number of amides is 1. The van der Waals surface area contributed by atoms with Gasteiger partial charge in [0.05, 0.1) is 6.61 Å². The van der Waals surface area contributed by atoms with Crippen LogP contribution >= 0.6 is 11.6 Å². The molecule has 0 aliphatic carbocycles. The summed E-state index contributed by atoms with van der Waals surface area (Å²) in [5.41, 5.74) is 1.70. The van der Waals surface area contributed by atoms with E-state index in [2.05, 4.69) is 10.3 Å². The number of hydrogen-bond donors (Lipinski definition) is 1. The van der Waals surface area contributed by atoms with Gasteiger partial charge in [0.2, 0.25) is 0 Å². The average molecular weight is 319 g/mol. The fraction of sp³-hybridized carbons (Fsp3) is 0.188. The number of aromatic nitrogens is 1. The van der Waals surface area contributed by atoms with E-state index in [0.29, 0.717) is 10.7 Å². The molecule has 1 aromatic carbocycles. The van der Waals surface area contributed by atoms with Gasteiger partial charge in [-0.05, 0) is 43.7 Å². The molecule has 0 aliphatic rings. The number of carbonyl (C=O) groups is 2. The van der Waals surface area contributed by atoms with Gasteiger partial charge in [0.15, 0.2) is 0 Å². The number of aryl methyl sites for hydroxylation is 1. The van der Waals surface area contributed by atoms with Gasteiger partial charge in [-0.15, -0.1) is 0 Å². The maximum absolute atomic E-state index is 12.2. The van der Waals surface area contributed by atoms with Crippen LogP contribution in [0, 0.1) is 6.92 Å². The summed E-state index contributed by atoms with van der Waals surface area (Å²) in [5.74, 6) is -0.985. The number of anilines is 1. The Morgan fingerprint density at radius 2 is 1.95 bits per heavy atom. The highest BCUT2D eigenvalue weighted by Gasteiger charge is 2.13. The van der Waals surface area contributed by atoms with Crippen LogP contribution in [-0.2, 0) is 4.74 Å². The number of esters is 1. The average Bonchev–Trinajstić information content (AvgIpc) is 2.51. The fourth-order valence-electron chi connectivity index (χ4n) is 1.75. The van der Waals surface area contributed by atoms with Gasteiger partial charge < -0.3 is 10.1 Å². The van der Waals surface area contributed by atoms with E-state index < -0.39 is 11.9 Å². The number of pyridine rings is 1. The molecule has 114 valence electrons. The van der Waals surface area contributed by atoms with Gasteiger partial charge in [0.1, 0.15) is 11.4 Å². The topological polar surface area (TPSA) is 68.3 Å². The monoisotopic (exact) mass is 318 g/mol. The molecule has 5 nitrogen and oxygen atoms in total. The molecule has 0 saturated carbocycles. The van der Waals surface area contributed by atoms with Crippen molar-refractivity contribution >= 4 is 29.2 Å². The minimum absolute atomic E-state index is 0.0939. The summed E-state index contributed by atoms with van der Waals surface area (Å²) >= 11 is 6.02. The van der Waals surface area contributed by atoms with Crippen molar-refractivity contribution in [2.45, 2.75) is 13.8 Å². The fourth-order valence-corrected chi connectivity index (χ4v) is 1.93. The van der Waals surface area contributed by atoms with Gasteiger partial charge in [-0.3, -0.25) is 4.79 Å². The van der Waals surface area contributed by atoms with Gasteiger partial charge in [-0.2, -0.15) is 0 Å². The van der Waals surface area contributed by atoms with E-state index in [0.717, 1.165) is 5.56 Å². The van der Waals surface area contributed by atoms with Crippen molar-refractivity contribution in [2.24, 2.45) is 0 Å². The summed E-state index contributed by atoms with van der Waals surface area (Å²) in [7, 11) is 0. The van der Waals surface area contributed by atoms with Gasteiger partial charge in [0, 0.05) is 10.7 Å². The molecule has 0 atom stereocenters. The second-order valence-corrected chi connectivity index (χ2v) is 4.95. The predicted molar refractivity (Wildman–Crippen MR) is 84.3 cm³/mol. The van der Waals surface area contributed by atoms with E-state index in [-0.39, 0.29) is 18.0 Å². The Morgan fingerprint density at radius 1 is 1.23 bits per heavy atom. The highest BCUT2D eigenvalue weighted by Crippen LogP contribution is 2.20. The number of ether oxygens (including phenoxy) is 1. The van der Waals surface area contributed by atoms with Crippen LogP contribution in [0.15, 0.2) is 36.4 Å². The SMILES string of the molecule is CCOC(=O)c1cccc(C(=O)Nc2ccc(C)c(Cl)c2)n1. The van der Waals surface area contributed by atoms with E-state index in [4.69, 9.17) is 16.3 Å². The second-order valence-electron chi connectivity index (χ2n) is 4.55. The first-order valence-corrected chi connectivity index (χ1v) is 7.10. The maximum Gasteiger partial charge on any atom is 0.356 e. The number of hydrogen-bond acceptors (Lipinski definition) is 4. The van der Waals surface area contributed by atoms with E-state index in [1.165, 1.54) is 12.1 Å². The summed E-state index contributed by atoms with van der Waals surface area (Å²) in [6.07, 6.45) is 0. The molecule has 0 saturated heterocycles. The van der Waals surface area contributed by atoms with Crippen molar-refractivity contribution in [1.82, 2.24) is 4.98 Å². The summed E-state index contributed by atoms with van der Waals surface area (Å²) < 4.78 is 4.86. The van der Waals surface area contributed by atoms with Crippen molar-refractivity contribution in [3.05, 3.63) is 58.4 Å². The third-order valence-electron chi connectivity index (χ3n) is 2.90. The van der Waals surface area contributed by atoms with Crippen molar-refractivity contribution in [1.29, 1.82) is 0 Å². The molecule has 1 heterocycles. The number of nitrogens with one attached hydrogen (secondary N) is 1. The zero-order valence-corrected chi connectivity index (χ0v) is 13.0. The van der Waals surface area contributed by atoms with Crippen molar-refractivity contribution < 1.29 is 14.3 Å². The lowest BCUT2D eigenvalue weighted by Crippen LogP contribution is -2.16. The lowest BCUT2D eigenvalue weighted by Gasteiger charge is -2.07. The standard InChI is InChI=1S/C16H15ClN2O3/c1-3-22-16(21)14-6-4-5-13(19-14)15(20)18-11-8-7-10(2)12(17)9-11/h4-9H,3H2,1-2H3,(H,18,20). The minimum atomic E-state index is -0.560. The first-order valence-electron chi connectivity index (χ1n) is 6.73. The third-order valence-corrected chi connectivity index (χ3v) is 3.30. The summed E-state index contributed by atoms with van der Waals surface area (Å²) in [6.45, 7) is 3.83. The smallest absolute Gasteiger partial charge is 0.356 e. The van der Waals surface area contributed by atoms with Crippen LogP contribution in [0.25, 0.3) is 0 Å². The Hall–Kier alpha value is -2.40. The lowest BCUT2D eigenvalue weighted by molar-refractivity contribution is 0.0519. The largest absolute Gasteiger partial charge is 0.461 e. The number of benzene rings is 1. The Kier molecular flexibility index (Phi) is 5.12. The highest BCUT2D eigenvalue weighted by atomic mass is 35.5. The van der Waals surface area contributed by atoms with Crippen LogP contribution in [0.4, 0.5) is 5.69 Å². The maximum atomic E-state index is 12.2. The molecule has 0 unspecified atom stereocenters. The van der Waals surface area contributed by atoms with E-state index in [9.17, 15) is 9.59 Å². The van der Waals surface area contributed by atoms with Gasteiger partial charge in [0.25, 0.3) is 5.91 Å². The number of rotatable bonds is 4. The molecule has 0 aliphatic heterocycles. The first-order chi connectivity index (χ1) is 10.5. The molecule has 0 radical (unpaired) electrons. The molecule has 1 aromatic heterocycles. The molecule has 1 amide bonds. The third kappa shape index (κ3) is 3.83. The molecule has 6 heteroatoms. The lowest BCUT2D eigenvalue weighted by atomic mass is 10.2. The number of carbonyl (C=O) groups excluding carboxylic acids is 2.